The van der Waals surface area contributed by atoms with Crippen LogP contribution in [0.3, 0.4) is 0 Å². The average Bonchev–Trinajstić information content (AvgIpc) is 3.32. The number of aromatic nitrogens is 2. The number of imidazole rings is 1. The molecule has 118 valence electrons. The second kappa shape index (κ2) is 6.34. The minimum absolute atomic E-state index is 0.822. The Bertz CT molecular complexity index is 943. The molecule has 0 fully saturated rings. The number of H-pyrrole nitrogens is 1. The summed E-state index contributed by atoms with van der Waals surface area (Å²) in [6.07, 6.45) is 0. The molecular formula is C20H16N2OS. The van der Waals surface area contributed by atoms with E-state index in [0.717, 1.165) is 39.7 Å². The molecule has 2 aromatic carbocycles. The molecule has 1 N–H and O–H groups in total. The van der Waals surface area contributed by atoms with E-state index in [1.54, 1.807) is 18.4 Å². The van der Waals surface area contributed by atoms with Gasteiger partial charge < -0.3 is 9.72 Å². The van der Waals surface area contributed by atoms with Gasteiger partial charge in [0.05, 0.1) is 18.5 Å². The van der Waals surface area contributed by atoms with Gasteiger partial charge in [0.15, 0.2) is 0 Å². The zero-order chi connectivity index (χ0) is 16.4. The van der Waals surface area contributed by atoms with Gasteiger partial charge in [0.1, 0.15) is 11.6 Å². The molecule has 3 nitrogen and oxygen atoms in total. The zero-order valence-electron chi connectivity index (χ0n) is 13.2. The van der Waals surface area contributed by atoms with Gasteiger partial charge in [0.25, 0.3) is 0 Å². The lowest BCUT2D eigenvalue weighted by atomic mass is 10.1. The number of nitrogens with one attached hydrogen (secondary N) is 1. The Balaban J connectivity index is 1.88. The third kappa shape index (κ3) is 2.72. The molecule has 4 heteroatoms. The fraction of sp³-hybridized carbons (Fsp3) is 0.0500. The summed E-state index contributed by atoms with van der Waals surface area (Å²) in [6.45, 7) is 0. The first-order valence-corrected chi connectivity index (χ1v) is 8.62. The molecule has 4 aromatic rings. The maximum atomic E-state index is 5.33. The summed E-state index contributed by atoms with van der Waals surface area (Å²) in [4.78, 5) is 8.36. The van der Waals surface area contributed by atoms with Crippen LogP contribution in [0, 0.1) is 0 Å². The number of nitrogens with zero attached hydrogens (tertiary/aromatic N) is 1. The molecule has 0 atom stereocenters. The van der Waals surface area contributed by atoms with Crippen molar-refractivity contribution in [1.82, 2.24) is 9.97 Å². The lowest BCUT2D eigenvalue weighted by Gasteiger charge is -2.02. The minimum Gasteiger partial charge on any atom is -0.497 e. The molecule has 0 amide bonds. The zero-order valence-corrected chi connectivity index (χ0v) is 14.0. The van der Waals surface area contributed by atoms with Crippen LogP contribution in [0.2, 0.25) is 0 Å². The van der Waals surface area contributed by atoms with E-state index in [0.29, 0.717) is 0 Å². The molecule has 0 unspecified atom stereocenters. The lowest BCUT2D eigenvalue weighted by molar-refractivity contribution is 0.415. The third-order valence-electron chi connectivity index (χ3n) is 3.90. The second-order valence-corrected chi connectivity index (χ2v) is 6.20. The van der Waals surface area contributed by atoms with Gasteiger partial charge in [-0.05, 0) is 23.6 Å². The highest BCUT2D eigenvalue weighted by atomic mass is 32.1. The smallest absolute Gasteiger partial charge is 0.138 e. The van der Waals surface area contributed by atoms with Crippen molar-refractivity contribution in [3.05, 3.63) is 71.4 Å². The predicted molar refractivity (Wildman–Crippen MR) is 99.3 cm³/mol. The Labute approximate surface area is 144 Å². The number of rotatable bonds is 4. The van der Waals surface area contributed by atoms with E-state index in [2.05, 4.69) is 33.9 Å². The Kier molecular flexibility index (Phi) is 3.89. The summed E-state index contributed by atoms with van der Waals surface area (Å²) < 4.78 is 5.33. The summed E-state index contributed by atoms with van der Waals surface area (Å²) in [5, 5.41) is 4.20. The van der Waals surface area contributed by atoms with Crippen LogP contribution in [0.1, 0.15) is 0 Å². The van der Waals surface area contributed by atoms with E-state index < -0.39 is 0 Å². The van der Waals surface area contributed by atoms with Gasteiger partial charge in [-0.2, -0.15) is 11.3 Å². The fourth-order valence-electron chi connectivity index (χ4n) is 2.70. The predicted octanol–water partition coefficient (Wildman–Crippen LogP) is 5.48. The Morgan fingerprint density at radius 3 is 2.50 bits per heavy atom. The van der Waals surface area contributed by atoms with Crippen molar-refractivity contribution in [2.45, 2.75) is 0 Å². The van der Waals surface area contributed by atoms with Crippen molar-refractivity contribution in [3.63, 3.8) is 0 Å². The van der Waals surface area contributed by atoms with Gasteiger partial charge in [-0.3, -0.25) is 0 Å². The Morgan fingerprint density at radius 1 is 0.917 bits per heavy atom. The summed E-state index contributed by atoms with van der Waals surface area (Å²) in [5.74, 6) is 1.66. The van der Waals surface area contributed by atoms with Gasteiger partial charge in [-0.25, -0.2) is 4.98 Å². The van der Waals surface area contributed by atoms with Crippen LogP contribution in [0.5, 0.6) is 5.75 Å². The fourth-order valence-corrected chi connectivity index (χ4v) is 3.34. The van der Waals surface area contributed by atoms with Gasteiger partial charge >= 0.3 is 0 Å². The number of benzene rings is 2. The van der Waals surface area contributed by atoms with E-state index in [1.807, 2.05) is 42.5 Å². The summed E-state index contributed by atoms with van der Waals surface area (Å²) in [7, 11) is 1.67. The molecule has 2 heterocycles. The highest BCUT2D eigenvalue weighted by Crippen LogP contribution is 2.34. The molecule has 4 rings (SSSR count). The number of hydrogen-bond acceptors (Lipinski definition) is 3. The normalized spacial score (nSPS) is 10.7. The quantitative estimate of drug-likeness (QED) is 0.537. The van der Waals surface area contributed by atoms with Crippen LogP contribution in [-0.4, -0.2) is 17.1 Å². The number of aromatic amines is 1. The van der Waals surface area contributed by atoms with E-state index in [1.165, 1.54) is 0 Å². The maximum Gasteiger partial charge on any atom is 0.138 e. The van der Waals surface area contributed by atoms with Crippen LogP contribution < -0.4 is 4.74 Å². The number of thiophene rings is 1. The molecule has 0 bridgehead atoms. The van der Waals surface area contributed by atoms with E-state index >= 15 is 0 Å². The molecule has 2 aromatic heterocycles. The first kappa shape index (κ1) is 14.7. The van der Waals surface area contributed by atoms with Gasteiger partial charge in [0, 0.05) is 22.1 Å². The largest absolute Gasteiger partial charge is 0.497 e. The highest BCUT2D eigenvalue weighted by Gasteiger charge is 2.15. The maximum absolute atomic E-state index is 5.33. The molecule has 0 aliphatic rings. The SMILES string of the molecule is COc1cccc(-c2nc(-c3ccsc3)c(-c3ccccc3)[nH]2)c1. The minimum atomic E-state index is 0.822. The molecule has 0 radical (unpaired) electrons. The van der Waals surface area contributed by atoms with E-state index in [-0.39, 0.29) is 0 Å². The molecule has 0 spiro atoms. The van der Waals surface area contributed by atoms with Crippen molar-refractivity contribution in [2.24, 2.45) is 0 Å². The second-order valence-electron chi connectivity index (χ2n) is 5.42. The first-order valence-electron chi connectivity index (χ1n) is 7.67. The molecule has 0 aliphatic carbocycles. The van der Waals surface area contributed by atoms with Crippen molar-refractivity contribution >= 4 is 11.3 Å². The Hall–Kier alpha value is -2.85. The van der Waals surface area contributed by atoms with Crippen molar-refractivity contribution < 1.29 is 4.74 Å². The Morgan fingerprint density at radius 2 is 1.75 bits per heavy atom. The monoisotopic (exact) mass is 332 g/mol. The van der Waals surface area contributed by atoms with Crippen LogP contribution in [0.15, 0.2) is 71.4 Å². The molecule has 0 saturated carbocycles. The lowest BCUT2D eigenvalue weighted by Crippen LogP contribution is -1.85. The number of ether oxygens (including phenoxy) is 1. The van der Waals surface area contributed by atoms with Gasteiger partial charge in [-0.1, -0.05) is 42.5 Å². The summed E-state index contributed by atoms with van der Waals surface area (Å²) >= 11 is 1.68. The van der Waals surface area contributed by atoms with Crippen molar-refractivity contribution in [1.29, 1.82) is 0 Å². The number of hydrogen-bond donors (Lipinski definition) is 1. The summed E-state index contributed by atoms with van der Waals surface area (Å²) in [6, 6.07) is 20.3. The van der Waals surface area contributed by atoms with Crippen LogP contribution in [-0.2, 0) is 0 Å². The molecule has 24 heavy (non-hydrogen) atoms. The van der Waals surface area contributed by atoms with E-state index in [4.69, 9.17) is 9.72 Å². The van der Waals surface area contributed by atoms with Crippen molar-refractivity contribution in [3.8, 4) is 39.7 Å². The third-order valence-corrected chi connectivity index (χ3v) is 4.59. The topological polar surface area (TPSA) is 37.9 Å². The van der Waals surface area contributed by atoms with E-state index in [9.17, 15) is 0 Å². The number of methoxy groups -OCH3 is 1. The highest BCUT2D eigenvalue weighted by molar-refractivity contribution is 7.08. The first-order chi connectivity index (χ1) is 11.8. The molecular weight excluding hydrogens is 316 g/mol. The van der Waals surface area contributed by atoms with Gasteiger partial charge in [-0.15, -0.1) is 0 Å². The van der Waals surface area contributed by atoms with Crippen LogP contribution in [0.4, 0.5) is 0 Å². The summed E-state index contributed by atoms with van der Waals surface area (Å²) in [5.41, 5.74) is 5.27. The van der Waals surface area contributed by atoms with Crippen LogP contribution in [0.25, 0.3) is 33.9 Å². The molecule has 0 aliphatic heterocycles. The van der Waals surface area contributed by atoms with Crippen LogP contribution >= 0.6 is 11.3 Å². The molecule has 0 saturated heterocycles. The standard InChI is InChI=1S/C20H16N2OS/c1-23-17-9-5-8-15(12-17)20-21-18(14-6-3-2-4-7-14)19(22-20)16-10-11-24-13-16/h2-13H,1H3,(H,21,22). The average molecular weight is 332 g/mol. The van der Waals surface area contributed by atoms with Gasteiger partial charge in [0.2, 0.25) is 0 Å². The van der Waals surface area contributed by atoms with Crippen molar-refractivity contribution in [2.75, 3.05) is 7.11 Å².